The Bertz CT molecular complexity index is 529. The van der Waals surface area contributed by atoms with Gasteiger partial charge in [0.25, 0.3) is 0 Å². The van der Waals surface area contributed by atoms with Crippen molar-refractivity contribution in [2.75, 3.05) is 0 Å². The van der Waals surface area contributed by atoms with Gasteiger partial charge in [0.05, 0.1) is 0 Å². The van der Waals surface area contributed by atoms with Gasteiger partial charge in [-0.3, -0.25) is 0 Å². The van der Waals surface area contributed by atoms with Crippen LogP contribution in [0.3, 0.4) is 0 Å². The number of rotatable bonds is 3. The van der Waals surface area contributed by atoms with Crippen molar-refractivity contribution in [2.24, 2.45) is 0 Å². The van der Waals surface area contributed by atoms with E-state index in [0.29, 0.717) is 0 Å². The maximum Gasteiger partial charge on any atom is 0.0283 e. The van der Waals surface area contributed by atoms with Crippen molar-refractivity contribution in [1.29, 1.82) is 0 Å². The standard InChI is InChI=1S/C17H17Br/c1-13(2)11-14-3-7-16(8-4-14)17-9-5-15(12-18)6-10-17/h3-11H,12H2,1-2H3. The van der Waals surface area contributed by atoms with Gasteiger partial charge >= 0.3 is 0 Å². The second kappa shape index (κ2) is 6.01. The molecule has 0 nitrogen and oxygen atoms in total. The highest BCUT2D eigenvalue weighted by molar-refractivity contribution is 9.08. The number of hydrogen-bond donors (Lipinski definition) is 0. The molecule has 0 bridgehead atoms. The highest BCUT2D eigenvalue weighted by Crippen LogP contribution is 2.21. The Morgan fingerprint density at radius 2 is 1.39 bits per heavy atom. The average Bonchev–Trinajstić information content (AvgIpc) is 2.39. The molecule has 0 amide bonds. The van der Waals surface area contributed by atoms with Crippen LogP contribution in [0.5, 0.6) is 0 Å². The van der Waals surface area contributed by atoms with E-state index < -0.39 is 0 Å². The summed E-state index contributed by atoms with van der Waals surface area (Å²) in [5, 5.41) is 0.910. The molecule has 0 atom stereocenters. The normalized spacial score (nSPS) is 10.2. The van der Waals surface area contributed by atoms with Crippen molar-refractivity contribution in [2.45, 2.75) is 19.2 Å². The van der Waals surface area contributed by atoms with Gasteiger partial charge in [0, 0.05) is 5.33 Å². The van der Waals surface area contributed by atoms with Crippen molar-refractivity contribution >= 4 is 22.0 Å². The van der Waals surface area contributed by atoms with Crippen LogP contribution in [0.25, 0.3) is 17.2 Å². The molecule has 2 rings (SSSR count). The first-order chi connectivity index (χ1) is 8.69. The van der Waals surface area contributed by atoms with Crippen molar-refractivity contribution in [3.8, 4) is 11.1 Å². The zero-order chi connectivity index (χ0) is 13.0. The summed E-state index contributed by atoms with van der Waals surface area (Å²) in [4.78, 5) is 0. The summed E-state index contributed by atoms with van der Waals surface area (Å²) in [6, 6.07) is 17.4. The molecule has 0 heterocycles. The molecule has 0 unspecified atom stereocenters. The quantitative estimate of drug-likeness (QED) is 0.641. The van der Waals surface area contributed by atoms with Gasteiger partial charge in [-0.2, -0.15) is 0 Å². The van der Waals surface area contributed by atoms with Crippen LogP contribution in [0.4, 0.5) is 0 Å². The van der Waals surface area contributed by atoms with Gasteiger partial charge in [-0.25, -0.2) is 0 Å². The summed E-state index contributed by atoms with van der Waals surface area (Å²) in [6.45, 7) is 4.24. The molecule has 0 aliphatic rings. The van der Waals surface area contributed by atoms with Crippen LogP contribution in [0.2, 0.25) is 0 Å². The fraction of sp³-hybridized carbons (Fsp3) is 0.176. The molecule has 2 aromatic rings. The SMILES string of the molecule is CC(C)=Cc1ccc(-c2ccc(CBr)cc2)cc1. The number of alkyl halides is 1. The third-order valence-electron chi connectivity index (χ3n) is 2.81. The lowest BCUT2D eigenvalue weighted by Gasteiger charge is -2.04. The third kappa shape index (κ3) is 3.33. The van der Waals surface area contributed by atoms with Gasteiger partial charge in [-0.15, -0.1) is 0 Å². The van der Waals surface area contributed by atoms with Crippen molar-refractivity contribution in [3.63, 3.8) is 0 Å². The highest BCUT2D eigenvalue weighted by Gasteiger charge is 1.97. The Labute approximate surface area is 117 Å². The first-order valence-corrected chi connectivity index (χ1v) is 7.21. The molecule has 0 aromatic heterocycles. The van der Waals surface area contributed by atoms with E-state index >= 15 is 0 Å². The lowest BCUT2D eigenvalue weighted by Crippen LogP contribution is -1.81. The van der Waals surface area contributed by atoms with Crippen molar-refractivity contribution < 1.29 is 0 Å². The van der Waals surface area contributed by atoms with Gasteiger partial charge in [0.2, 0.25) is 0 Å². The zero-order valence-corrected chi connectivity index (χ0v) is 12.4. The molecular weight excluding hydrogens is 284 g/mol. The lowest BCUT2D eigenvalue weighted by molar-refractivity contribution is 1.42. The zero-order valence-electron chi connectivity index (χ0n) is 10.8. The number of halogens is 1. The maximum atomic E-state index is 3.46. The number of allylic oxidation sites excluding steroid dienone is 1. The minimum Gasteiger partial charge on any atom is -0.0876 e. The van der Waals surface area contributed by atoms with Crippen molar-refractivity contribution in [3.05, 3.63) is 65.2 Å². The molecule has 2 aromatic carbocycles. The van der Waals surface area contributed by atoms with Gasteiger partial charge in [-0.1, -0.05) is 76.1 Å². The molecule has 0 saturated heterocycles. The Morgan fingerprint density at radius 1 is 0.889 bits per heavy atom. The molecule has 0 aliphatic carbocycles. The minimum atomic E-state index is 0.910. The summed E-state index contributed by atoms with van der Waals surface area (Å²) in [5.74, 6) is 0. The first-order valence-electron chi connectivity index (χ1n) is 6.09. The van der Waals surface area contributed by atoms with Crippen LogP contribution in [-0.4, -0.2) is 0 Å². The summed E-state index contributed by atoms with van der Waals surface area (Å²) in [6.07, 6.45) is 2.19. The van der Waals surface area contributed by atoms with Gasteiger partial charge < -0.3 is 0 Å². The van der Waals surface area contributed by atoms with Crippen LogP contribution in [-0.2, 0) is 5.33 Å². The fourth-order valence-corrected chi connectivity index (χ4v) is 2.27. The molecule has 0 radical (unpaired) electrons. The predicted octanol–water partition coefficient (Wildman–Crippen LogP) is 5.67. The monoisotopic (exact) mass is 300 g/mol. The van der Waals surface area contributed by atoms with E-state index in [2.05, 4.69) is 84.4 Å². The molecule has 0 spiro atoms. The van der Waals surface area contributed by atoms with Crippen LogP contribution in [0.1, 0.15) is 25.0 Å². The molecule has 0 aliphatic heterocycles. The molecule has 92 valence electrons. The molecular formula is C17H17Br. The predicted molar refractivity (Wildman–Crippen MR) is 83.8 cm³/mol. The lowest BCUT2D eigenvalue weighted by atomic mass is 10.0. The topological polar surface area (TPSA) is 0 Å². The van der Waals surface area contributed by atoms with E-state index in [1.807, 2.05) is 0 Å². The summed E-state index contributed by atoms with van der Waals surface area (Å²) in [5.41, 5.74) is 6.42. The Kier molecular flexibility index (Phi) is 4.38. The molecule has 0 fully saturated rings. The largest absolute Gasteiger partial charge is 0.0876 e. The fourth-order valence-electron chi connectivity index (χ4n) is 1.89. The maximum absolute atomic E-state index is 3.46. The molecule has 0 saturated carbocycles. The van der Waals surface area contributed by atoms with E-state index in [1.54, 1.807) is 0 Å². The van der Waals surface area contributed by atoms with Crippen molar-refractivity contribution in [1.82, 2.24) is 0 Å². The summed E-state index contributed by atoms with van der Waals surface area (Å²) < 4.78 is 0. The second-order valence-electron chi connectivity index (χ2n) is 4.67. The summed E-state index contributed by atoms with van der Waals surface area (Å²) >= 11 is 3.46. The smallest absolute Gasteiger partial charge is 0.0283 e. The number of hydrogen-bond acceptors (Lipinski definition) is 0. The second-order valence-corrected chi connectivity index (χ2v) is 5.23. The van der Waals surface area contributed by atoms with E-state index in [1.165, 1.54) is 27.8 Å². The van der Waals surface area contributed by atoms with E-state index in [-0.39, 0.29) is 0 Å². The van der Waals surface area contributed by atoms with E-state index in [9.17, 15) is 0 Å². The Balaban J connectivity index is 2.25. The van der Waals surface area contributed by atoms with Crippen LogP contribution < -0.4 is 0 Å². The minimum absolute atomic E-state index is 0.910. The third-order valence-corrected chi connectivity index (χ3v) is 3.46. The van der Waals surface area contributed by atoms with E-state index in [4.69, 9.17) is 0 Å². The van der Waals surface area contributed by atoms with E-state index in [0.717, 1.165) is 5.33 Å². The molecule has 1 heteroatoms. The van der Waals surface area contributed by atoms with Gasteiger partial charge in [0.15, 0.2) is 0 Å². The first kappa shape index (κ1) is 13.1. The highest BCUT2D eigenvalue weighted by atomic mass is 79.9. The Morgan fingerprint density at radius 3 is 1.83 bits per heavy atom. The number of benzene rings is 2. The Hall–Kier alpha value is -1.34. The van der Waals surface area contributed by atoms with Crippen LogP contribution in [0, 0.1) is 0 Å². The van der Waals surface area contributed by atoms with Gasteiger partial charge in [0.1, 0.15) is 0 Å². The van der Waals surface area contributed by atoms with Crippen LogP contribution in [0.15, 0.2) is 54.1 Å². The molecule has 0 N–H and O–H groups in total. The average molecular weight is 301 g/mol. The molecule has 18 heavy (non-hydrogen) atoms. The van der Waals surface area contributed by atoms with Crippen LogP contribution >= 0.6 is 15.9 Å². The summed E-state index contributed by atoms with van der Waals surface area (Å²) in [7, 11) is 0. The van der Waals surface area contributed by atoms with Gasteiger partial charge in [-0.05, 0) is 36.1 Å².